The minimum absolute atomic E-state index is 0.00123. The van der Waals surface area contributed by atoms with Gasteiger partial charge in [-0.2, -0.15) is 0 Å². The largest absolute Gasteiger partial charge is 0.493 e. The summed E-state index contributed by atoms with van der Waals surface area (Å²) in [6, 6.07) is 20.2. The van der Waals surface area contributed by atoms with Crippen molar-refractivity contribution >= 4 is 28.6 Å². The summed E-state index contributed by atoms with van der Waals surface area (Å²) in [6.45, 7) is 0.545. The van der Waals surface area contributed by atoms with Gasteiger partial charge in [0.25, 0.3) is 5.78 Å². The summed E-state index contributed by atoms with van der Waals surface area (Å²) in [7, 11) is 4.54. The first-order valence-corrected chi connectivity index (χ1v) is 17.0. The van der Waals surface area contributed by atoms with Gasteiger partial charge in [-0.1, -0.05) is 24.3 Å². The SMILES string of the molecule is COc1cc([C@@H]2c3cc4c(cc3[C@H](OC(=O)C(=O)c3cn(Cc5ccc6c(c5)OCO6)c5ccccc35)[C@H]3COC(=O)[C@H]23)OCO4)cc(OC)c1OC. The molecule has 1 aliphatic carbocycles. The second kappa shape index (κ2) is 12.7. The molecule has 1 aromatic heterocycles. The Kier molecular flexibility index (Phi) is 7.79. The minimum atomic E-state index is -1.06. The summed E-state index contributed by atoms with van der Waals surface area (Å²) in [5, 5.41) is 0.599. The van der Waals surface area contributed by atoms with Crippen LogP contribution in [0.25, 0.3) is 10.9 Å². The lowest BCUT2D eigenvalue weighted by atomic mass is 9.66. The second-order valence-electron chi connectivity index (χ2n) is 13.1. The molecule has 0 radical (unpaired) electrons. The fraction of sp³-hybridized carbons (Fsp3) is 0.275. The second-order valence-corrected chi connectivity index (χ2v) is 13.1. The van der Waals surface area contributed by atoms with E-state index in [2.05, 4.69) is 0 Å². The quantitative estimate of drug-likeness (QED) is 0.107. The van der Waals surface area contributed by atoms with Crippen LogP contribution in [0.4, 0.5) is 0 Å². The van der Waals surface area contributed by atoms with Crippen molar-refractivity contribution in [1.82, 2.24) is 4.57 Å². The van der Waals surface area contributed by atoms with Gasteiger partial charge in [0.1, 0.15) is 6.10 Å². The zero-order valence-electron chi connectivity index (χ0n) is 28.9. The summed E-state index contributed by atoms with van der Waals surface area (Å²) in [4.78, 5) is 41.7. The number of rotatable bonds is 9. The molecule has 53 heavy (non-hydrogen) atoms. The van der Waals surface area contributed by atoms with E-state index in [-0.39, 0.29) is 25.8 Å². The third-order valence-electron chi connectivity index (χ3n) is 10.4. The van der Waals surface area contributed by atoms with Gasteiger partial charge in [-0.05, 0) is 59.2 Å². The molecule has 1 fully saturated rings. The summed E-state index contributed by atoms with van der Waals surface area (Å²) in [5.41, 5.74) is 3.78. The summed E-state index contributed by atoms with van der Waals surface area (Å²) in [6.07, 6.45) is 0.643. The van der Waals surface area contributed by atoms with Crippen molar-refractivity contribution in [3.8, 4) is 40.2 Å². The Balaban J connectivity index is 1.09. The predicted molar refractivity (Wildman–Crippen MR) is 185 cm³/mol. The van der Waals surface area contributed by atoms with Gasteiger partial charge in [-0.25, -0.2) is 4.79 Å². The number of hydrogen-bond donors (Lipinski definition) is 0. The van der Waals surface area contributed by atoms with Crippen molar-refractivity contribution < 1.29 is 57.0 Å². The predicted octanol–water partition coefficient (Wildman–Crippen LogP) is 5.57. The number of para-hydroxylation sites is 1. The number of fused-ring (bicyclic) bond motifs is 5. The fourth-order valence-corrected chi connectivity index (χ4v) is 8.02. The molecule has 4 aliphatic rings. The Morgan fingerprint density at radius 3 is 2.17 bits per heavy atom. The van der Waals surface area contributed by atoms with Gasteiger partial charge in [0.2, 0.25) is 19.3 Å². The highest BCUT2D eigenvalue weighted by Crippen LogP contribution is 2.56. The fourth-order valence-electron chi connectivity index (χ4n) is 8.02. The molecular weight excluding hydrogens is 686 g/mol. The smallest absolute Gasteiger partial charge is 0.380 e. The molecule has 0 N–H and O–H groups in total. The van der Waals surface area contributed by atoms with Crippen LogP contribution in [-0.2, 0) is 25.6 Å². The van der Waals surface area contributed by atoms with E-state index in [9.17, 15) is 14.4 Å². The maximum atomic E-state index is 14.1. The number of aromatic nitrogens is 1. The van der Waals surface area contributed by atoms with E-state index in [1.807, 2.05) is 41.0 Å². The third kappa shape index (κ3) is 5.25. The Labute approximate surface area is 302 Å². The number of carbonyl (C=O) groups excluding carboxylic acids is 3. The maximum Gasteiger partial charge on any atom is 0.380 e. The Hall–Kier alpha value is -6.37. The number of carbonyl (C=O) groups is 3. The van der Waals surface area contributed by atoms with Gasteiger partial charge in [0.15, 0.2) is 34.5 Å². The highest BCUT2D eigenvalue weighted by molar-refractivity contribution is 6.43. The topological polar surface area (TPSA) is 139 Å². The molecular formula is C40H33NO12. The lowest BCUT2D eigenvalue weighted by Crippen LogP contribution is -2.37. The van der Waals surface area contributed by atoms with E-state index in [1.54, 1.807) is 36.5 Å². The number of ether oxygens (including phenoxy) is 9. The molecule has 4 aromatic carbocycles. The molecule has 1 saturated heterocycles. The molecule has 13 nitrogen and oxygen atoms in total. The van der Waals surface area contributed by atoms with Gasteiger partial charge in [0.05, 0.1) is 39.4 Å². The average Bonchev–Trinajstić information content (AvgIpc) is 4.00. The van der Waals surface area contributed by atoms with Gasteiger partial charge in [-0.3, -0.25) is 9.59 Å². The zero-order valence-corrected chi connectivity index (χ0v) is 28.9. The summed E-state index contributed by atoms with van der Waals surface area (Å²) < 4.78 is 53.1. The first kappa shape index (κ1) is 32.5. The minimum Gasteiger partial charge on any atom is -0.493 e. The van der Waals surface area contributed by atoms with E-state index in [1.165, 1.54) is 21.3 Å². The van der Waals surface area contributed by atoms with Crippen molar-refractivity contribution in [2.45, 2.75) is 18.6 Å². The van der Waals surface area contributed by atoms with Crippen LogP contribution in [0, 0.1) is 11.8 Å². The molecule has 0 spiro atoms. The van der Waals surface area contributed by atoms with Crippen LogP contribution in [0.5, 0.6) is 40.2 Å². The van der Waals surface area contributed by atoms with Crippen molar-refractivity contribution in [2.75, 3.05) is 41.5 Å². The van der Waals surface area contributed by atoms with Gasteiger partial charge in [-0.15, -0.1) is 0 Å². The molecule has 0 amide bonds. The highest BCUT2D eigenvalue weighted by Gasteiger charge is 2.54. The van der Waals surface area contributed by atoms with Crippen LogP contribution in [0.2, 0.25) is 0 Å². The van der Waals surface area contributed by atoms with Crippen LogP contribution in [-0.4, -0.2) is 63.8 Å². The number of Topliss-reactive ketones (excluding diaryl/α,β-unsaturated/α-hetero) is 1. The van der Waals surface area contributed by atoms with Gasteiger partial charge in [0, 0.05) is 41.0 Å². The summed E-state index contributed by atoms with van der Waals surface area (Å²) in [5.74, 6) is -0.900. The molecule has 4 atom stereocenters. The number of methoxy groups -OCH3 is 3. The molecule has 4 heterocycles. The number of cyclic esters (lactones) is 1. The first-order chi connectivity index (χ1) is 25.9. The van der Waals surface area contributed by atoms with Gasteiger partial charge < -0.3 is 47.2 Å². The van der Waals surface area contributed by atoms with Crippen LogP contribution >= 0.6 is 0 Å². The Bertz CT molecular complexity index is 2300. The number of nitrogens with zero attached hydrogens (tertiary/aromatic N) is 1. The number of esters is 2. The lowest BCUT2D eigenvalue weighted by molar-refractivity contribution is -0.149. The van der Waals surface area contributed by atoms with Crippen LogP contribution in [0.3, 0.4) is 0 Å². The van der Waals surface area contributed by atoms with E-state index in [4.69, 9.17) is 42.6 Å². The van der Waals surface area contributed by atoms with E-state index >= 15 is 0 Å². The maximum absolute atomic E-state index is 14.1. The van der Waals surface area contributed by atoms with Crippen LogP contribution in [0.1, 0.15) is 44.6 Å². The molecule has 13 heteroatoms. The van der Waals surface area contributed by atoms with Crippen LogP contribution < -0.4 is 33.2 Å². The highest BCUT2D eigenvalue weighted by atomic mass is 16.7. The average molecular weight is 720 g/mol. The monoisotopic (exact) mass is 719 g/mol. The van der Waals surface area contributed by atoms with Crippen LogP contribution in [0.15, 0.2) is 72.9 Å². The van der Waals surface area contributed by atoms with Crippen molar-refractivity contribution in [1.29, 1.82) is 0 Å². The zero-order chi connectivity index (χ0) is 36.4. The van der Waals surface area contributed by atoms with E-state index in [0.29, 0.717) is 68.9 Å². The van der Waals surface area contributed by atoms with E-state index in [0.717, 1.165) is 11.1 Å². The van der Waals surface area contributed by atoms with Gasteiger partial charge >= 0.3 is 11.9 Å². The van der Waals surface area contributed by atoms with Crippen molar-refractivity contribution in [3.05, 3.63) is 101 Å². The Morgan fingerprint density at radius 1 is 0.774 bits per heavy atom. The number of ketones is 1. The molecule has 270 valence electrons. The molecule has 9 rings (SSSR count). The lowest BCUT2D eigenvalue weighted by Gasteiger charge is -2.38. The number of benzene rings is 4. The van der Waals surface area contributed by atoms with E-state index < -0.39 is 41.6 Å². The van der Waals surface area contributed by atoms with Crippen molar-refractivity contribution in [3.63, 3.8) is 0 Å². The number of hydrogen-bond acceptors (Lipinski definition) is 12. The molecule has 5 aromatic rings. The summed E-state index contributed by atoms with van der Waals surface area (Å²) >= 11 is 0. The normalized spacial score (nSPS) is 20.4. The first-order valence-electron chi connectivity index (χ1n) is 17.0. The molecule has 0 saturated carbocycles. The molecule has 3 aliphatic heterocycles. The Morgan fingerprint density at radius 2 is 1.45 bits per heavy atom. The standard InChI is InChI=1S/C40H33NO12/c1-45-32-11-21(12-33(46-2)38(32)47-3)34-23-13-30-31(52-19-51-30)14-24(23)37(26-17-48-39(43)35(26)34)53-40(44)36(42)25-16-41(27-7-5-4-6-22(25)27)15-20-8-9-28-29(10-20)50-18-49-28/h4-14,16,26,34-35,37H,15,17-19H2,1-3H3/t26-,34+,35-,37-/m0/s1. The molecule has 0 bridgehead atoms. The third-order valence-corrected chi connectivity index (χ3v) is 10.4. The molecule has 0 unspecified atom stereocenters. The van der Waals surface area contributed by atoms with Crippen molar-refractivity contribution in [2.24, 2.45) is 11.8 Å².